The normalized spacial score (nSPS) is 15.2. The van der Waals surface area contributed by atoms with Crippen molar-refractivity contribution in [2.75, 3.05) is 43.0 Å². The maximum Gasteiger partial charge on any atom is 0.423 e. The van der Waals surface area contributed by atoms with Gasteiger partial charge in [-0.25, -0.2) is 14.6 Å². The maximum absolute atomic E-state index is 14.0. The topological polar surface area (TPSA) is 110 Å². The zero-order valence-corrected chi connectivity index (χ0v) is 27.7. The summed E-state index contributed by atoms with van der Waals surface area (Å²) in [6.45, 7) is 11.1. The highest BCUT2D eigenvalue weighted by Gasteiger charge is 2.39. The highest BCUT2D eigenvalue weighted by molar-refractivity contribution is 6.76. The minimum absolute atomic E-state index is 0.140. The number of aryl methyl sites for hydroxylation is 1. The van der Waals surface area contributed by atoms with Crippen LogP contribution in [0.3, 0.4) is 0 Å². The summed E-state index contributed by atoms with van der Waals surface area (Å²) in [5.41, 5.74) is -3.01. The van der Waals surface area contributed by atoms with E-state index in [1.165, 1.54) is 0 Å². The fourth-order valence-corrected chi connectivity index (χ4v) is 5.74. The lowest BCUT2D eigenvalue weighted by Crippen LogP contribution is -2.49. The van der Waals surface area contributed by atoms with Gasteiger partial charge in [-0.15, -0.1) is 0 Å². The summed E-state index contributed by atoms with van der Waals surface area (Å²) in [5, 5.41) is 6.64. The van der Waals surface area contributed by atoms with Crippen molar-refractivity contribution in [2.24, 2.45) is 0 Å². The van der Waals surface area contributed by atoms with Crippen LogP contribution < -0.4 is 15.8 Å². The molecule has 1 atom stereocenters. The summed E-state index contributed by atoms with van der Waals surface area (Å²) in [6, 6.07) is 0.193. The monoisotopic (exact) mass is 688 g/mol. The van der Waals surface area contributed by atoms with E-state index in [-0.39, 0.29) is 38.2 Å². The summed E-state index contributed by atoms with van der Waals surface area (Å²) in [4.78, 5) is 37.0. The Labute approximate surface area is 268 Å². The zero-order valence-electron chi connectivity index (χ0n) is 26.7. The second kappa shape index (κ2) is 14.0. The summed E-state index contributed by atoms with van der Waals surface area (Å²) in [5.74, 6) is -0.116. The van der Waals surface area contributed by atoms with Crippen molar-refractivity contribution in [3.8, 4) is 0 Å². The van der Waals surface area contributed by atoms with Crippen LogP contribution in [0.15, 0.2) is 35.8 Å². The van der Waals surface area contributed by atoms with Gasteiger partial charge in [-0.05, 0) is 25.5 Å². The van der Waals surface area contributed by atoms with Crippen LogP contribution >= 0.6 is 0 Å². The molecule has 0 saturated carbocycles. The lowest BCUT2D eigenvalue weighted by molar-refractivity contribution is -0.139. The molecule has 1 aliphatic heterocycles. The van der Waals surface area contributed by atoms with Gasteiger partial charge in [0, 0.05) is 78.2 Å². The van der Waals surface area contributed by atoms with Crippen LogP contribution in [0, 0.1) is 6.92 Å². The Kier molecular flexibility index (Phi) is 10.7. The molecule has 4 rings (SSSR count). The van der Waals surface area contributed by atoms with Crippen LogP contribution in [-0.2, 0) is 30.4 Å². The average molecular weight is 689 g/mol. The van der Waals surface area contributed by atoms with Gasteiger partial charge in [-0.3, -0.25) is 9.59 Å². The Morgan fingerprint density at radius 3 is 2.21 bits per heavy atom. The van der Waals surface area contributed by atoms with Crippen molar-refractivity contribution < 1.29 is 35.9 Å². The van der Waals surface area contributed by atoms with E-state index in [4.69, 9.17) is 4.74 Å². The molecule has 4 heterocycles. The average Bonchev–Trinajstić information content (AvgIpc) is 3.33. The first-order chi connectivity index (χ1) is 21.8. The van der Waals surface area contributed by atoms with Gasteiger partial charge in [0.15, 0.2) is 0 Å². The molecule has 1 aliphatic rings. The number of hydrogen-bond acceptors (Lipinski definition) is 8. The summed E-state index contributed by atoms with van der Waals surface area (Å²) < 4.78 is 88.2. The first kappa shape index (κ1) is 35.9. The molecule has 0 radical (unpaired) electrons. The Bertz CT molecular complexity index is 1590. The number of nitrogens with zero attached hydrogens (tertiary/aromatic N) is 7. The van der Waals surface area contributed by atoms with Gasteiger partial charge in [-0.1, -0.05) is 19.6 Å². The number of amides is 1. The summed E-state index contributed by atoms with van der Waals surface area (Å²) >= 11 is 0. The third kappa shape index (κ3) is 9.33. The molecule has 0 aliphatic carbocycles. The number of carbonyl (C=O) groups excluding carboxylic acids is 1. The van der Waals surface area contributed by atoms with Gasteiger partial charge in [0.05, 0.1) is 23.0 Å². The fourth-order valence-electron chi connectivity index (χ4n) is 4.98. The standard InChI is InChI=1S/C29H38F6N8O3Si/c1-19-15-40(17-22(19)25(44)41-6-8-42(9-7-41)27-36-12-21(13-37-27)28(30,31)32)16-20(2)39-23-14-38-43(18-46-10-11-47(3,4)5)26(45)24(23)29(33,34)35/h12-15,17,20,39H,6-11,16,18H2,1-5H3/t20-/m0/s1. The number of hydrogen-bond donors (Lipinski definition) is 1. The van der Waals surface area contributed by atoms with E-state index in [9.17, 15) is 35.9 Å². The number of halogens is 6. The van der Waals surface area contributed by atoms with E-state index in [1.807, 2.05) is 0 Å². The number of nitrogens with one attached hydrogen (secondary N) is 1. The van der Waals surface area contributed by atoms with Crippen LogP contribution in [0.1, 0.15) is 34.0 Å². The number of anilines is 2. The molecular formula is C29H38F6N8O3Si. The van der Waals surface area contributed by atoms with E-state index in [0.29, 0.717) is 35.5 Å². The molecule has 47 heavy (non-hydrogen) atoms. The summed E-state index contributed by atoms with van der Waals surface area (Å²) in [6.07, 6.45) is -3.75. The van der Waals surface area contributed by atoms with Gasteiger partial charge in [0.1, 0.15) is 12.3 Å². The lowest BCUT2D eigenvalue weighted by atomic mass is 10.2. The third-order valence-corrected chi connectivity index (χ3v) is 9.25. The molecule has 1 fully saturated rings. The van der Waals surface area contributed by atoms with Crippen molar-refractivity contribution in [1.82, 2.24) is 29.2 Å². The molecule has 0 bridgehead atoms. The summed E-state index contributed by atoms with van der Waals surface area (Å²) in [7, 11) is -1.43. The molecule has 0 unspecified atom stereocenters. The highest BCUT2D eigenvalue weighted by Crippen LogP contribution is 2.32. The molecule has 0 aromatic carbocycles. The van der Waals surface area contributed by atoms with Crippen molar-refractivity contribution in [3.05, 3.63) is 63.6 Å². The van der Waals surface area contributed by atoms with E-state index in [2.05, 4.69) is 40.0 Å². The smallest absolute Gasteiger partial charge is 0.379 e. The molecule has 258 valence electrons. The number of rotatable bonds is 11. The highest BCUT2D eigenvalue weighted by atomic mass is 28.3. The van der Waals surface area contributed by atoms with Crippen LogP contribution in [0.4, 0.5) is 38.0 Å². The van der Waals surface area contributed by atoms with Gasteiger partial charge in [-0.2, -0.15) is 31.4 Å². The van der Waals surface area contributed by atoms with Crippen LogP contribution in [0.5, 0.6) is 0 Å². The van der Waals surface area contributed by atoms with E-state index < -0.39 is 48.8 Å². The third-order valence-electron chi connectivity index (χ3n) is 7.55. The lowest BCUT2D eigenvalue weighted by Gasteiger charge is -2.34. The molecule has 3 aromatic heterocycles. The molecule has 11 nitrogen and oxygen atoms in total. The Hall–Kier alpha value is -3.93. The van der Waals surface area contributed by atoms with Crippen LogP contribution in [0.2, 0.25) is 25.7 Å². The van der Waals surface area contributed by atoms with Crippen molar-refractivity contribution >= 4 is 25.6 Å². The molecule has 1 saturated heterocycles. The fraction of sp³-hybridized carbons (Fsp3) is 0.552. The minimum Gasteiger partial charge on any atom is -0.379 e. The molecular weight excluding hydrogens is 650 g/mol. The molecule has 0 spiro atoms. The largest absolute Gasteiger partial charge is 0.423 e. The first-order valence-corrected chi connectivity index (χ1v) is 18.7. The predicted octanol–water partition coefficient (Wildman–Crippen LogP) is 4.96. The zero-order chi connectivity index (χ0) is 34.7. The maximum atomic E-state index is 14.0. The van der Waals surface area contributed by atoms with E-state index >= 15 is 0 Å². The Morgan fingerprint density at radius 1 is 1.00 bits per heavy atom. The second-order valence-corrected chi connectivity index (χ2v) is 18.4. The molecule has 1 amide bonds. The number of alkyl halides is 6. The number of piperazine rings is 1. The molecule has 1 N–H and O–H groups in total. The predicted molar refractivity (Wildman–Crippen MR) is 165 cm³/mol. The SMILES string of the molecule is Cc1cn(C[C@H](C)Nc2cnn(COCC[Si](C)(C)C)c(=O)c2C(F)(F)F)cc1C(=O)N1CCN(c2ncc(C(F)(F)F)cn2)CC1. The van der Waals surface area contributed by atoms with Crippen molar-refractivity contribution in [2.45, 2.75) is 71.2 Å². The van der Waals surface area contributed by atoms with Gasteiger partial charge in [0.25, 0.3) is 11.5 Å². The Balaban J connectivity index is 1.37. The number of ether oxygens (including phenoxy) is 1. The van der Waals surface area contributed by atoms with Gasteiger partial charge >= 0.3 is 12.4 Å². The van der Waals surface area contributed by atoms with Gasteiger partial charge < -0.3 is 24.4 Å². The molecule has 18 heteroatoms. The number of aromatic nitrogens is 5. The first-order valence-electron chi connectivity index (χ1n) is 14.9. The van der Waals surface area contributed by atoms with Crippen molar-refractivity contribution in [3.63, 3.8) is 0 Å². The number of carbonyl (C=O) groups is 1. The quantitative estimate of drug-likeness (QED) is 0.171. The minimum atomic E-state index is -4.94. The van der Waals surface area contributed by atoms with Crippen LogP contribution in [-0.4, -0.2) is 82.0 Å². The van der Waals surface area contributed by atoms with E-state index in [1.54, 1.807) is 40.6 Å². The van der Waals surface area contributed by atoms with Gasteiger partial charge in [0.2, 0.25) is 5.95 Å². The van der Waals surface area contributed by atoms with Crippen molar-refractivity contribution in [1.29, 1.82) is 0 Å². The molecule has 3 aromatic rings. The van der Waals surface area contributed by atoms with Crippen LogP contribution in [0.25, 0.3) is 0 Å². The Morgan fingerprint density at radius 2 is 1.64 bits per heavy atom. The van der Waals surface area contributed by atoms with E-state index in [0.717, 1.165) is 24.6 Å². The second-order valence-electron chi connectivity index (χ2n) is 12.7.